The predicted molar refractivity (Wildman–Crippen MR) is 85.4 cm³/mol. The van der Waals surface area contributed by atoms with Crippen LogP contribution in [0.3, 0.4) is 0 Å². The number of hydrogen-bond donors (Lipinski definition) is 1. The summed E-state index contributed by atoms with van der Waals surface area (Å²) in [5.41, 5.74) is 3.62. The molecule has 1 N–H and O–H groups in total. The molecule has 0 bridgehead atoms. The van der Waals surface area contributed by atoms with E-state index in [1.54, 1.807) is 6.33 Å². The molecule has 2 aromatic rings. The molecule has 0 radical (unpaired) electrons. The van der Waals surface area contributed by atoms with Crippen LogP contribution in [-0.4, -0.2) is 34.1 Å². The van der Waals surface area contributed by atoms with Crippen LogP contribution in [0.25, 0.3) is 0 Å². The van der Waals surface area contributed by atoms with Crippen LogP contribution in [0.4, 0.5) is 0 Å². The fourth-order valence-electron chi connectivity index (χ4n) is 3.33. The summed E-state index contributed by atoms with van der Waals surface area (Å²) in [6.45, 7) is 4.97. The van der Waals surface area contributed by atoms with Crippen molar-refractivity contribution >= 4 is 0 Å². The summed E-state index contributed by atoms with van der Waals surface area (Å²) >= 11 is 0. The Labute approximate surface area is 131 Å². The number of aromatic amines is 1. The van der Waals surface area contributed by atoms with Crippen molar-refractivity contribution in [3.05, 3.63) is 53.6 Å². The van der Waals surface area contributed by atoms with Crippen LogP contribution in [0.1, 0.15) is 35.9 Å². The SMILES string of the molecule is Cc1[nH]cnc1CN1C[C@@H](c2ccccc2)O[C@@H](C2CC2)C1. The van der Waals surface area contributed by atoms with Gasteiger partial charge in [0.25, 0.3) is 0 Å². The van der Waals surface area contributed by atoms with E-state index >= 15 is 0 Å². The molecular weight excluding hydrogens is 274 g/mol. The summed E-state index contributed by atoms with van der Waals surface area (Å²) < 4.78 is 6.41. The molecule has 2 aliphatic rings. The van der Waals surface area contributed by atoms with Crippen molar-refractivity contribution in [1.82, 2.24) is 14.9 Å². The molecule has 1 saturated heterocycles. The highest BCUT2D eigenvalue weighted by atomic mass is 16.5. The van der Waals surface area contributed by atoms with Gasteiger partial charge < -0.3 is 9.72 Å². The zero-order valence-corrected chi connectivity index (χ0v) is 13.0. The standard InChI is InChI=1S/C18H23N3O/c1-13-16(20-12-19-13)9-21-10-17(14-5-3-2-4-6-14)22-18(11-21)15-7-8-15/h2-6,12,15,17-18H,7-11H2,1H3,(H,19,20)/t17-,18+/m0/s1. The average molecular weight is 297 g/mol. The van der Waals surface area contributed by atoms with Crippen LogP contribution in [0.15, 0.2) is 36.7 Å². The molecule has 1 aromatic carbocycles. The Kier molecular flexibility index (Phi) is 3.72. The Balaban J connectivity index is 1.52. The van der Waals surface area contributed by atoms with Crippen molar-refractivity contribution in [3.8, 4) is 0 Å². The molecule has 4 rings (SSSR count). The van der Waals surface area contributed by atoms with Crippen molar-refractivity contribution in [2.24, 2.45) is 5.92 Å². The molecule has 22 heavy (non-hydrogen) atoms. The monoisotopic (exact) mass is 297 g/mol. The molecule has 0 unspecified atom stereocenters. The number of H-pyrrole nitrogens is 1. The van der Waals surface area contributed by atoms with Crippen molar-refractivity contribution < 1.29 is 4.74 Å². The number of nitrogens with zero attached hydrogens (tertiary/aromatic N) is 2. The second-order valence-corrected chi connectivity index (χ2v) is 6.58. The summed E-state index contributed by atoms with van der Waals surface area (Å²) in [5, 5.41) is 0. The van der Waals surface area contributed by atoms with E-state index in [9.17, 15) is 0 Å². The number of aromatic nitrogens is 2. The summed E-state index contributed by atoms with van der Waals surface area (Å²) in [6.07, 6.45) is 4.99. The van der Waals surface area contributed by atoms with Gasteiger partial charge in [-0.1, -0.05) is 30.3 Å². The van der Waals surface area contributed by atoms with Gasteiger partial charge in [-0.2, -0.15) is 0 Å². The van der Waals surface area contributed by atoms with Crippen molar-refractivity contribution in [3.63, 3.8) is 0 Å². The maximum absolute atomic E-state index is 6.41. The van der Waals surface area contributed by atoms with Crippen LogP contribution in [0.5, 0.6) is 0 Å². The third kappa shape index (κ3) is 2.94. The highest BCUT2D eigenvalue weighted by Gasteiger charge is 2.38. The smallest absolute Gasteiger partial charge is 0.0956 e. The lowest BCUT2D eigenvalue weighted by Gasteiger charge is -2.38. The molecule has 4 heteroatoms. The lowest BCUT2D eigenvalue weighted by atomic mass is 10.0. The Hall–Kier alpha value is -1.65. The Morgan fingerprint density at radius 3 is 2.73 bits per heavy atom. The summed E-state index contributed by atoms with van der Waals surface area (Å²) in [7, 11) is 0. The first kappa shape index (κ1) is 14.0. The Morgan fingerprint density at radius 2 is 2.05 bits per heavy atom. The van der Waals surface area contributed by atoms with Gasteiger partial charge in [0.05, 0.1) is 24.2 Å². The van der Waals surface area contributed by atoms with Gasteiger partial charge in [0.1, 0.15) is 0 Å². The molecule has 1 aliphatic carbocycles. The molecule has 116 valence electrons. The van der Waals surface area contributed by atoms with Crippen molar-refractivity contribution in [2.75, 3.05) is 13.1 Å². The molecule has 1 saturated carbocycles. The van der Waals surface area contributed by atoms with Gasteiger partial charge >= 0.3 is 0 Å². The van der Waals surface area contributed by atoms with Gasteiger partial charge in [0, 0.05) is 25.3 Å². The fourth-order valence-corrected chi connectivity index (χ4v) is 3.33. The van der Waals surface area contributed by atoms with E-state index in [-0.39, 0.29) is 6.10 Å². The first-order valence-corrected chi connectivity index (χ1v) is 8.21. The fraction of sp³-hybridized carbons (Fsp3) is 0.500. The molecule has 0 spiro atoms. The number of hydrogen-bond acceptors (Lipinski definition) is 3. The molecule has 2 atom stereocenters. The van der Waals surface area contributed by atoms with Crippen LogP contribution < -0.4 is 0 Å². The van der Waals surface area contributed by atoms with Crippen LogP contribution in [0.2, 0.25) is 0 Å². The minimum atomic E-state index is 0.180. The summed E-state index contributed by atoms with van der Waals surface area (Å²) in [4.78, 5) is 10.1. The normalized spacial score (nSPS) is 26.2. The topological polar surface area (TPSA) is 41.2 Å². The highest BCUT2D eigenvalue weighted by Crippen LogP contribution is 2.39. The number of imidazole rings is 1. The van der Waals surface area contributed by atoms with E-state index < -0.39 is 0 Å². The number of rotatable bonds is 4. The molecule has 1 aliphatic heterocycles. The van der Waals surface area contributed by atoms with Gasteiger partial charge in [0.15, 0.2) is 0 Å². The van der Waals surface area contributed by atoms with E-state index in [4.69, 9.17) is 4.74 Å². The van der Waals surface area contributed by atoms with Gasteiger partial charge in [-0.15, -0.1) is 0 Å². The second kappa shape index (κ2) is 5.86. The van der Waals surface area contributed by atoms with Crippen molar-refractivity contribution in [1.29, 1.82) is 0 Å². The number of nitrogens with one attached hydrogen (secondary N) is 1. The van der Waals surface area contributed by atoms with Gasteiger partial charge in [-0.3, -0.25) is 4.90 Å². The largest absolute Gasteiger partial charge is 0.367 e. The van der Waals surface area contributed by atoms with Gasteiger partial charge in [-0.05, 0) is 31.2 Å². The maximum Gasteiger partial charge on any atom is 0.0956 e. The number of aryl methyl sites for hydroxylation is 1. The predicted octanol–water partition coefficient (Wildman–Crippen LogP) is 3.07. The van der Waals surface area contributed by atoms with Crippen LogP contribution in [-0.2, 0) is 11.3 Å². The number of benzene rings is 1. The molecule has 2 fully saturated rings. The molecule has 2 heterocycles. The summed E-state index contributed by atoms with van der Waals surface area (Å²) in [5.74, 6) is 0.759. The van der Waals surface area contributed by atoms with Gasteiger partial charge in [-0.25, -0.2) is 4.98 Å². The average Bonchev–Trinajstić information content (AvgIpc) is 3.33. The van der Waals surface area contributed by atoms with E-state index in [2.05, 4.69) is 52.1 Å². The molecular formula is C18H23N3O. The first-order valence-electron chi connectivity index (χ1n) is 8.21. The highest BCUT2D eigenvalue weighted by molar-refractivity contribution is 5.19. The van der Waals surface area contributed by atoms with Gasteiger partial charge in [0.2, 0.25) is 0 Å². The van der Waals surface area contributed by atoms with E-state index in [0.717, 1.165) is 31.2 Å². The third-order valence-corrected chi connectivity index (χ3v) is 4.83. The van der Waals surface area contributed by atoms with E-state index in [1.807, 2.05) is 0 Å². The minimum Gasteiger partial charge on any atom is -0.367 e. The third-order valence-electron chi connectivity index (χ3n) is 4.83. The molecule has 1 aromatic heterocycles. The Bertz CT molecular complexity index is 620. The van der Waals surface area contributed by atoms with E-state index in [1.165, 1.54) is 24.1 Å². The van der Waals surface area contributed by atoms with Crippen LogP contribution >= 0.6 is 0 Å². The maximum atomic E-state index is 6.41. The second-order valence-electron chi connectivity index (χ2n) is 6.58. The number of ether oxygens (including phenoxy) is 1. The zero-order valence-electron chi connectivity index (χ0n) is 13.0. The minimum absolute atomic E-state index is 0.180. The zero-order chi connectivity index (χ0) is 14.9. The Morgan fingerprint density at radius 1 is 1.23 bits per heavy atom. The van der Waals surface area contributed by atoms with E-state index in [0.29, 0.717) is 6.10 Å². The lowest BCUT2D eigenvalue weighted by Crippen LogP contribution is -2.44. The quantitative estimate of drug-likeness (QED) is 0.943. The number of morpholine rings is 1. The summed E-state index contributed by atoms with van der Waals surface area (Å²) in [6, 6.07) is 10.6. The molecule has 4 nitrogen and oxygen atoms in total. The van der Waals surface area contributed by atoms with Crippen molar-refractivity contribution in [2.45, 2.75) is 38.5 Å². The lowest BCUT2D eigenvalue weighted by molar-refractivity contribution is -0.0988. The molecule has 0 amide bonds. The van der Waals surface area contributed by atoms with Crippen LogP contribution in [0, 0.1) is 12.8 Å². The first-order chi connectivity index (χ1) is 10.8.